The first-order valence-electron chi connectivity index (χ1n) is 10.1. The van der Waals surface area contributed by atoms with E-state index in [-0.39, 0.29) is 23.8 Å². The van der Waals surface area contributed by atoms with Crippen molar-refractivity contribution in [1.82, 2.24) is 9.97 Å². The van der Waals surface area contributed by atoms with Gasteiger partial charge in [-0.1, -0.05) is 0 Å². The topological polar surface area (TPSA) is 90.4 Å². The Labute approximate surface area is 191 Å². The molecule has 2 atom stereocenters. The number of rotatable bonds is 8. The first-order valence-corrected chi connectivity index (χ1v) is 10.1. The van der Waals surface area contributed by atoms with Gasteiger partial charge in [0.15, 0.2) is 17.3 Å². The van der Waals surface area contributed by atoms with Gasteiger partial charge in [-0.2, -0.15) is 18.2 Å². The number of ketones is 1. The van der Waals surface area contributed by atoms with Crippen molar-refractivity contribution in [2.24, 2.45) is 11.8 Å². The Balaban J connectivity index is 1.92. The highest BCUT2D eigenvalue weighted by Gasteiger charge is 2.50. The molecule has 0 spiro atoms. The van der Waals surface area contributed by atoms with E-state index in [0.29, 0.717) is 12.1 Å². The molecular weight excluding hydrogens is 465 g/mol. The minimum Gasteiger partial charge on any atom is -0.479 e. The fraction of sp³-hybridized carbons (Fsp3) is 0.455. The molecule has 1 saturated carbocycles. The number of nitrogens with one attached hydrogen (secondary N) is 1. The van der Waals surface area contributed by atoms with E-state index in [0.717, 1.165) is 20.0 Å². The van der Waals surface area contributed by atoms with Crippen molar-refractivity contribution in [3.8, 4) is 5.88 Å². The summed E-state index contributed by atoms with van der Waals surface area (Å²) in [6, 6.07) is 1.09. The monoisotopic (exact) mass is 487 g/mol. The summed E-state index contributed by atoms with van der Waals surface area (Å²) in [6.45, 7) is 2.24. The zero-order valence-corrected chi connectivity index (χ0v) is 18.7. The summed E-state index contributed by atoms with van der Waals surface area (Å²) in [5, 5.41) is 2.40. The summed E-state index contributed by atoms with van der Waals surface area (Å²) in [5.74, 6) is -3.85. The maximum absolute atomic E-state index is 14.9. The third-order valence-corrected chi connectivity index (χ3v) is 5.15. The van der Waals surface area contributed by atoms with Crippen LogP contribution in [-0.4, -0.2) is 41.6 Å². The number of halogens is 5. The maximum atomic E-state index is 14.9. The van der Waals surface area contributed by atoms with Gasteiger partial charge in [0.1, 0.15) is 11.5 Å². The van der Waals surface area contributed by atoms with Crippen LogP contribution in [-0.2, 0) is 22.1 Å². The number of carbonyl (C=O) groups is 2. The predicted molar refractivity (Wildman–Crippen MR) is 110 cm³/mol. The highest BCUT2D eigenvalue weighted by atomic mass is 19.4. The third-order valence-electron chi connectivity index (χ3n) is 5.15. The second-order valence-corrected chi connectivity index (χ2v) is 8.46. The van der Waals surface area contributed by atoms with Crippen LogP contribution >= 0.6 is 0 Å². The molecule has 0 aliphatic heterocycles. The number of hydrogen-bond acceptors (Lipinski definition) is 7. The zero-order chi connectivity index (χ0) is 25.4. The Morgan fingerprint density at radius 3 is 2.38 bits per heavy atom. The second-order valence-electron chi connectivity index (χ2n) is 8.46. The summed E-state index contributed by atoms with van der Waals surface area (Å²) in [5.41, 5.74) is -4.39. The number of Topliss-reactive ketones (excluding diaryl/α,β-unsaturated/α-hetero) is 1. The summed E-state index contributed by atoms with van der Waals surface area (Å²) >= 11 is 0. The average Bonchev–Trinajstić information content (AvgIpc) is 3.54. The van der Waals surface area contributed by atoms with E-state index >= 15 is 0 Å². The quantitative estimate of drug-likeness (QED) is 0.329. The van der Waals surface area contributed by atoms with Crippen LogP contribution in [0.5, 0.6) is 5.88 Å². The van der Waals surface area contributed by atoms with Gasteiger partial charge in [-0.05, 0) is 38.0 Å². The largest absolute Gasteiger partial charge is 0.479 e. The van der Waals surface area contributed by atoms with Crippen molar-refractivity contribution in [3.05, 3.63) is 41.0 Å². The third kappa shape index (κ3) is 5.60. The van der Waals surface area contributed by atoms with Gasteiger partial charge in [-0.15, -0.1) is 0 Å². The van der Waals surface area contributed by atoms with E-state index < -0.39 is 64.5 Å². The summed E-state index contributed by atoms with van der Waals surface area (Å²) in [7, 11) is 2.40. The standard InChI is InChI=1S/C22H22F5N3O4/c1-21(2,24)8-10-5-11(22(25,26)27)6-14(16(10)23)29-15-9-28-17(19(30-15)33-3)18(31)12-7-13(12)20(32)34-4/h5-6,9,12-13H,7-8H2,1-4H3,(H,29,30). The van der Waals surface area contributed by atoms with Crippen LogP contribution in [0.4, 0.5) is 33.5 Å². The van der Waals surface area contributed by atoms with Crippen LogP contribution in [0.25, 0.3) is 0 Å². The van der Waals surface area contributed by atoms with Gasteiger partial charge in [0.05, 0.1) is 37.6 Å². The average molecular weight is 487 g/mol. The van der Waals surface area contributed by atoms with Crippen LogP contribution in [0.1, 0.15) is 41.9 Å². The van der Waals surface area contributed by atoms with Gasteiger partial charge in [0.2, 0.25) is 5.88 Å². The van der Waals surface area contributed by atoms with E-state index in [1.807, 2.05) is 0 Å². The van der Waals surface area contributed by atoms with Gasteiger partial charge in [0, 0.05) is 12.3 Å². The Kier molecular flexibility index (Phi) is 6.81. The maximum Gasteiger partial charge on any atom is 0.416 e. The molecule has 2 unspecified atom stereocenters. The minimum absolute atomic E-state index is 0.186. The number of esters is 1. The van der Waals surface area contributed by atoms with Crippen LogP contribution in [0, 0.1) is 17.7 Å². The highest BCUT2D eigenvalue weighted by Crippen LogP contribution is 2.43. The predicted octanol–water partition coefficient (Wildman–Crippen LogP) is 4.67. The lowest BCUT2D eigenvalue weighted by atomic mass is 9.97. The van der Waals surface area contributed by atoms with E-state index in [1.165, 1.54) is 14.2 Å². The Bertz CT molecular complexity index is 1110. The normalized spacial score (nSPS) is 17.8. The number of anilines is 2. The van der Waals surface area contributed by atoms with Crippen molar-refractivity contribution in [2.45, 2.75) is 38.5 Å². The lowest BCUT2D eigenvalue weighted by Gasteiger charge is -2.19. The molecule has 1 aliphatic rings. The van der Waals surface area contributed by atoms with Crippen LogP contribution < -0.4 is 10.1 Å². The second kappa shape index (κ2) is 9.15. The fourth-order valence-corrected chi connectivity index (χ4v) is 3.47. The molecule has 2 aromatic rings. The number of benzene rings is 1. The number of ether oxygens (including phenoxy) is 2. The van der Waals surface area contributed by atoms with Crippen molar-refractivity contribution in [2.75, 3.05) is 19.5 Å². The van der Waals surface area contributed by atoms with Gasteiger partial charge in [-0.3, -0.25) is 9.59 Å². The number of alkyl halides is 4. The first-order chi connectivity index (χ1) is 15.7. The van der Waals surface area contributed by atoms with E-state index in [9.17, 15) is 31.5 Å². The summed E-state index contributed by atoms with van der Waals surface area (Å²) < 4.78 is 78.7. The lowest BCUT2D eigenvalue weighted by Crippen LogP contribution is -2.18. The molecule has 1 aromatic heterocycles. The van der Waals surface area contributed by atoms with E-state index in [2.05, 4.69) is 20.0 Å². The van der Waals surface area contributed by atoms with Gasteiger partial charge in [-0.25, -0.2) is 13.8 Å². The fourth-order valence-electron chi connectivity index (χ4n) is 3.47. The minimum atomic E-state index is -4.81. The van der Waals surface area contributed by atoms with E-state index in [4.69, 9.17) is 4.74 Å². The van der Waals surface area contributed by atoms with Crippen molar-refractivity contribution >= 4 is 23.3 Å². The Morgan fingerprint density at radius 2 is 1.82 bits per heavy atom. The molecule has 184 valence electrons. The number of methoxy groups -OCH3 is 2. The SMILES string of the molecule is COC(=O)C1CC1C(=O)c1ncc(Nc2cc(C(F)(F)F)cc(CC(C)(C)F)c2F)nc1OC. The molecular formula is C22H22F5N3O4. The zero-order valence-electron chi connectivity index (χ0n) is 18.7. The molecule has 1 aromatic carbocycles. The molecule has 3 rings (SSSR count). The molecule has 1 heterocycles. The molecule has 1 aliphatic carbocycles. The van der Waals surface area contributed by atoms with Crippen molar-refractivity contribution < 1.29 is 41.0 Å². The molecule has 0 radical (unpaired) electrons. The van der Waals surface area contributed by atoms with Gasteiger partial charge in [0.25, 0.3) is 0 Å². The van der Waals surface area contributed by atoms with Gasteiger partial charge >= 0.3 is 12.1 Å². The summed E-state index contributed by atoms with van der Waals surface area (Å²) in [6.07, 6.45) is -4.11. The molecule has 0 bridgehead atoms. The molecule has 7 nitrogen and oxygen atoms in total. The number of hydrogen-bond donors (Lipinski definition) is 1. The van der Waals surface area contributed by atoms with Crippen LogP contribution in [0.15, 0.2) is 18.3 Å². The smallest absolute Gasteiger partial charge is 0.416 e. The van der Waals surface area contributed by atoms with Crippen LogP contribution in [0.3, 0.4) is 0 Å². The van der Waals surface area contributed by atoms with Crippen molar-refractivity contribution in [1.29, 1.82) is 0 Å². The van der Waals surface area contributed by atoms with Gasteiger partial charge < -0.3 is 14.8 Å². The van der Waals surface area contributed by atoms with Crippen molar-refractivity contribution in [3.63, 3.8) is 0 Å². The Hall–Kier alpha value is -3.31. The first kappa shape index (κ1) is 25.3. The summed E-state index contributed by atoms with van der Waals surface area (Å²) in [4.78, 5) is 32.2. The van der Waals surface area contributed by atoms with E-state index in [1.54, 1.807) is 0 Å². The molecule has 34 heavy (non-hydrogen) atoms. The number of carbonyl (C=O) groups excluding carboxylic acids is 2. The highest BCUT2D eigenvalue weighted by molar-refractivity contribution is 6.03. The number of nitrogens with zero attached hydrogens (tertiary/aromatic N) is 2. The molecule has 12 heteroatoms. The Morgan fingerprint density at radius 1 is 1.15 bits per heavy atom. The molecule has 0 amide bonds. The number of aromatic nitrogens is 2. The lowest BCUT2D eigenvalue weighted by molar-refractivity contribution is -0.142. The van der Waals surface area contributed by atoms with Crippen LogP contribution in [0.2, 0.25) is 0 Å². The molecule has 0 saturated heterocycles. The molecule has 1 N–H and O–H groups in total. The molecule has 1 fully saturated rings.